The molecule has 1 N–H and O–H groups in total. The number of rotatable bonds is 4. The summed E-state index contributed by atoms with van der Waals surface area (Å²) >= 11 is 6.00. The molecule has 0 spiro atoms. The highest BCUT2D eigenvalue weighted by molar-refractivity contribution is 6.28. The van der Waals surface area contributed by atoms with Crippen molar-refractivity contribution in [1.82, 2.24) is 15.0 Å². The molecule has 6 nitrogen and oxygen atoms in total. The molecule has 1 aromatic heterocycles. The van der Waals surface area contributed by atoms with Crippen molar-refractivity contribution in [3.63, 3.8) is 0 Å². The predicted molar refractivity (Wildman–Crippen MR) is 78.2 cm³/mol. The molecule has 2 aliphatic rings. The molecule has 0 aromatic carbocycles. The number of hydrogen-bond acceptors (Lipinski definition) is 6. The van der Waals surface area contributed by atoms with Gasteiger partial charge in [0, 0.05) is 19.6 Å². The van der Waals surface area contributed by atoms with Crippen molar-refractivity contribution < 1.29 is 4.74 Å². The fraction of sp³-hybridized carbons (Fsp3) is 0.769. The van der Waals surface area contributed by atoms with Gasteiger partial charge in [-0.25, -0.2) is 0 Å². The number of morpholine rings is 1. The first-order chi connectivity index (χ1) is 9.54. The molecule has 1 aliphatic carbocycles. The van der Waals surface area contributed by atoms with E-state index in [2.05, 4.69) is 39.0 Å². The van der Waals surface area contributed by atoms with Gasteiger partial charge < -0.3 is 15.0 Å². The molecule has 1 unspecified atom stereocenters. The first-order valence-corrected chi connectivity index (χ1v) is 7.40. The van der Waals surface area contributed by atoms with Crippen molar-refractivity contribution >= 4 is 23.5 Å². The third-order valence-electron chi connectivity index (χ3n) is 4.11. The lowest BCUT2D eigenvalue weighted by Crippen LogP contribution is -2.37. The van der Waals surface area contributed by atoms with Gasteiger partial charge >= 0.3 is 0 Å². The fourth-order valence-electron chi connectivity index (χ4n) is 2.46. The molecular formula is C13H20ClN5O. The van der Waals surface area contributed by atoms with Gasteiger partial charge in [-0.2, -0.15) is 15.0 Å². The lowest BCUT2D eigenvalue weighted by molar-refractivity contribution is 0.122. The largest absolute Gasteiger partial charge is 0.378 e. The average Bonchev–Trinajstić information content (AvgIpc) is 3.04. The van der Waals surface area contributed by atoms with Gasteiger partial charge in [-0.15, -0.1) is 0 Å². The van der Waals surface area contributed by atoms with Crippen molar-refractivity contribution in [2.75, 3.05) is 43.1 Å². The van der Waals surface area contributed by atoms with Crippen molar-refractivity contribution in [3.8, 4) is 0 Å². The number of halogens is 1. The van der Waals surface area contributed by atoms with Crippen LogP contribution in [0, 0.1) is 11.3 Å². The van der Waals surface area contributed by atoms with Crippen molar-refractivity contribution in [2.45, 2.75) is 20.3 Å². The molecule has 110 valence electrons. The highest BCUT2D eigenvalue weighted by Gasteiger charge is 2.45. The monoisotopic (exact) mass is 297 g/mol. The van der Waals surface area contributed by atoms with E-state index >= 15 is 0 Å². The van der Waals surface area contributed by atoms with E-state index in [-0.39, 0.29) is 5.28 Å². The van der Waals surface area contributed by atoms with E-state index < -0.39 is 0 Å². The van der Waals surface area contributed by atoms with Gasteiger partial charge in [0.25, 0.3) is 0 Å². The highest BCUT2D eigenvalue weighted by atomic mass is 35.5. The van der Waals surface area contributed by atoms with Gasteiger partial charge in [0.2, 0.25) is 17.2 Å². The molecule has 1 saturated carbocycles. The average molecular weight is 298 g/mol. The number of nitrogens with one attached hydrogen (secondary N) is 1. The molecule has 1 atom stereocenters. The van der Waals surface area contributed by atoms with Gasteiger partial charge in [-0.05, 0) is 29.4 Å². The lowest BCUT2D eigenvalue weighted by Gasteiger charge is -2.26. The van der Waals surface area contributed by atoms with E-state index in [9.17, 15) is 0 Å². The molecule has 0 radical (unpaired) electrons. The zero-order chi connectivity index (χ0) is 14.2. The molecule has 0 bridgehead atoms. The Bertz CT molecular complexity index is 490. The van der Waals surface area contributed by atoms with E-state index in [1.54, 1.807) is 0 Å². The smallest absolute Gasteiger partial charge is 0.231 e. The maximum Gasteiger partial charge on any atom is 0.231 e. The summed E-state index contributed by atoms with van der Waals surface area (Å²) in [7, 11) is 0. The summed E-state index contributed by atoms with van der Waals surface area (Å²) < 4.78 is 5.33. The van der Waals surface area contributed by atoms with E-state index in [1.165, 1.54) is 6.42 Å². The maximum atomic E-state index is 6.00. The lowest BCUT2D eigenvalue weighted by atomic mass is 10.1. The topological polar surface area (TPSA) is 63.2 Å². The van der Waals surface area contributed by atoms with Crippen LogP contribution in [0.15, 0.2) is 0 Å². The zero-order valence-corrected chi connectivity index (χ0v) is 12.7. The summed E-state index contributed by atoms with van der Waals surface area (Å²) in [4.78, 5) is 14.9. The van der Waals surface area contributed by atoms with E-state index in [0.29, 0.717) is 36.4 Å². The Kier molecular flexibility index (Phi) is 3.69. The Morgan fingerprint density at radius 2 is 2.00 bits per heavy atom. The third-order valence-corrected chi connectivity index (χ3v) is 4.28. The first kappa shape index (κ1) is 13.8. The zero-order valence-electron chi connectivity index (χ0n) is 11.9. The minimum atomic E-state index is 0.235. The quantitative estimate of drug-likeness (QED) is 0.914. The van der Waals surface area contributed by atoms with Crippen molar-refractivity contribution in [1.29, 1.82) is 0 Å². The Morgan fingerprint density at radius 1 is 1.30 bits per heavy atom. The van der Waals surface area contributed by atoms with Crippen LogP contribution in [0.25, 0.3) is 0 Å². The van der Waals surface area contributed by atoms with Crippen LogP contribution in [0.2, 0.25) is 5.28 Å². The molecule has 20 heavy (non-hydrogen) atoms. The number of hydrogen-bond donors (Lipinski definition) is 1. The van der Waals surface area contributed by atoms with Crippen LogP contribution in [0.1, 0.15) is 20.3 Å². The Balaban J connectivity index is 1.66. The van der Waals surface area contributed by atoms with Gasteiger partial charge in [-0.1, -0.05) is 13.8 Å². The third kappa shape index (κ3) is 3.12. The minimum Gasteiger partial charge on any atom is -0.378 e. The molecule has 1 aromatic rings. The van der Waals surface area contributed by atoms with Crippen LogP contribution in [-0.2, 0) is 4.74 Å². The predicted octanol–water partition coefficient (Wildman–Crippen LogP) is 1.82. The molecular weight excluding hydrogens is 278 g/mol. The van der Waals surface area contributed by atoms with Crippen LogP contribution in [0.3, 0.4) is 0 Å². The van der Waals surface area contributed by atoms with Crippen LogP contribution in [0.5, 0.6) is 0 Å². The van der Waals surface area contributed by atoms with E-state index in [1.807, 2.05) is 0 Å². The van der Waals surface area contributed by atoms with Crippen LogP contribution in [-0.4, -0.2) is 47.8 Å². The normalized spacial score (nSPS) is 24.6. The number of aromatic nitrogens is 3. The Hall–Kier alpha value is -1.14. The summed E-state index contributed by atoms with van der Waals surface area (Å²) in [6, 6.07) is 0. The second-order valence-corrected chi connectivity index (χ2v) is 6.44. The number of nitrogens with zero attached hydrogens (tertiary/aromatic N) is 4. The SMILES string of the molecule is CC1(C)CC1CNc1nc(Cl)nc(N2CCOCC2)n1. The maximum absolute atomic E-state index is 6.00. The molecule has 3 rings (SSSR count). The van der Waals surface area contributed by atoms with Gasteiger partial charge in [0.15, 0.2) is 0 Å². The van der Waals surface area contributed by atoms with Crippen LogP contribution in [0.4, 0.5) is 11.9 Å². The van der Waals surface area contributed by atoms with E-state index in [0.717, 1.165) is 19.6 Å². The Morgan fingerprint density at radius 3 is 2.65 bits per heavy atom. The van der Waals surface area contributed by atoms with Crippen LogP contribution < -0.4 is 10.2 Å². The molecule has 7 heteroatoms. The van der Waals surface area contributed by atoms with Gasteiger partial charge in [-0.3, -0.25) is 0 Å². The molecule has 1 saturated heterocycles. The summed E-state index contributed by atoms with van der Waals surface area (Å²) in [5.74, 6) is 1.88. The molecule has 1 aliphatic heterocycles. The van der Waals surface area contributed by atoms with Gasteiger partial charge in [0.05, 0.1) is 13.2 Å². The van der Waals surface area contributed by atoms with Crippen molar-refractivity contribution in [3.05, 3.63) is 5.28 Å². The van der Waals surface area contributed by atoms with E-state index in [4.69, 9.17) is 16.3 Å². The summed E-state index contributed by atoms with van der Waals surface area (Å²) in [6.07, 6.45) is 1.25. The Labute approximate surface area is 123 Å². The number of anilines is 2. The van der Waals surface area contributed by atoms with Crippen LogP contribution >= 0.6 is 11.6 Å². The summed E-state index contributed by atoms with van der Waals surface area (Å²) in [5, 5.41) is 3.51. The fourth-order valence-corrected chi connectivity index (χ4v) is 2.62. The molecule has 0 amide bonds. The minimum absolute atomic E-state index is 0.235. The summed E-state index contributed by atoms with van der Waals surface area (Å²) in [6.45, 7) is 8.41. The molecule has 2 fully saturated rings. The summed E-state index contributed by atoms with van der Waals surface area (Å²) in [5.41, 5.74) is 0.441. The standard InChI is InChI=1S/C13H20ClN5O/c1-13(2)7-9(13)8-15-11-16-10(14)17-12(18-11)19-3-5-20-6-4-19/h9H,3-8H2,1-2H3,(H,15,16,17,18). The number of ether oxygens (including phenoxy) is 1. The van der Waals surface area contributed by atoms with Crippen molar-refractivity contribution in [2.24, 2.45) is 11.3 Å². The van der Waals surface area contributed by atoms with Gasteiger partial charge in [0.1, 0.15) is 0 Å². The highest BCUT2D eigenvalue weighted by Crippen LogP contribution is 2.51. The first-order valence-electron chi connectivity index (χ1n) is 7.03. The molecule has 2 heterocycles. The second-order valence-electron chi connectivity index (χ2n) is 6.10. The second kappa shape index (κ2) is 5.33.